The molecular weight excluding hydrogens is 194 g/mol. The summed E-state index contributed by atoms with van der Waals surface area (Å²) in [6.45, 7) is 0.525. The molecule has 0 bridgehead atoms. The van der Waals surface area contributed by atoms with Crippen molar-refractivity contribution < 1.29 is 19.8 Å². The van der Waals surface area contributed by atoms with E-state index in [1.165, 1.54) is 12.1 Å². The fourth-order valence-corrected chi connectivity index (χ4v) is 1.37. The van der Waals surface area contributed by atoms with Gasteiger partial charge >= 0.3 is 0 Å². The van der Waals surface area contributed by atoms with E-state index in [9.17, 15) is 15.3 Å². The van der Waals surface area contributed by atoms with Crippen LogP contribution in [0.5, 0.6) is 11.5 Å². The number of aromatic hydroxyl groups is 1. The van der Waals surface area contributed by atoms with Gasteiger partial charge in [-0.05, 0) is 11.6 Å². The minimum absolute atomic E-state index is 0.312. The van der Waals surface area contributed by atoms with E-state index in [-0.39, 0.29) is 5.75 Å². The highest BCUT2D eigenvalue weighted by Crippen LogP contribution is 2.26. The fraction of sp³-hybridized carbons (Fsp3) is 0.455. The van der Waals surface area contributed by atoms with Gasteiger partial charge in [0.05, 0.1) is 21.1 Å². The molecule has 15 heavy (non-hydrogen) atoms. The summed E-state index contributed by atoms with van der Waals surface area (Å²) in [6.07, 6.45) is -0.670. The van der Waals surface area contributed by atoms with Crippen LogP contribution >= 0.6 is 0 Å². The zero-order valence-electron chi connectivity index (χ0n) is 9.27. The summed E-state index contributed by atoms with van der Waals surface area (Å²) in [4.78, 5) is 0. The lowest BCUT2D eigenvalue weighted by molar-refractivity contribution is -0.874. The number of aliphatic hydroxyl groups excluding tert-OH is 1. The number of hydrogen-bond acceptors (Lipinski definition) is 3. The zero-order chi connectivity index (χ0) is 11.6. The third kappa shape index (κ3) is 3.42. The lowest BCUT2D eigenvalue weighted by atomic mass is 10.1. The van der Waals surface area contributed by atoms with Crippen LogP contribution in [0.25, 0.3) is 0 Å². The number of likely N-dealkylation sites (N-methyl/N-ethyl adjacent to an activating group) is 1. The molecule has 0 spiro atoms. The third-order valence-electron chi connectivity index (χ3n) is 2.09. The van der Waals surface area contributed by atoms with Gasteiger partial charge in [0.15, 0.2) is 0 Å². The lowest BCUT2D eigenvalue weighted by Crippen LogP contribution is -2.38. The Kier molecular flexibility index (Phi) is 3.21. The van der Waals surface area contributed by atoms with Gasteiger partial charge in [-0.25, -0.2) is 0 Å². The smallest absolute Gasteiger partial charge is 0.128 e. The molecule has 0 heterocycles. The van der Waals surface area contributed by atoms with Crippen LogP contribution in [0.2, 0.25) is 0 Å². The Morgan fingerprint density at radius 1 is 1.33 bits per heavy atom. The van der Waals surface area contributed by atoms with E-state index in [2.05, 4.69) is 0 Å². The Bertz CT molecular complexity index is 344. The number of phenolic OH excluding ortho intramolecular Hbond substituents is 1. The van der Waals surface area contributed by atoms with E-state index in [0.717, 1.165) is 0 Å². The second-order valence-electron chi connectivity index (χ2n) is 4.72. The molecule has 0 aliphatic heterocycles. The van der Waals surface area contributed by atoms with Gasteiger partial charge in [0.25, 0.3) is 0 Å². The normalized spacial score (nSPS) is 13.9. The van der Waals surface area contributed by atoms with Crippen molar-refractivity contribution in [3.63, 3.8) is 0 Å². The molecule has 0 aliphatic carbocycles. The second kappa shape index (κ2) is 4.08. The topological polar surface area (TPSA) is 63.5 Å². The fourth-order valence-electron chi connectivity index (χ4n) is 1.37. The van der Waals surface area contributed by atoms with Crippen molar-refractivity contribution >= 4 is 0 Å². The minimum atomic E-state index is -0.670. The van der Waals surface area contributed by atoms with Crippen LogP contribution in [0.4, 0.5) is 0 Å². The quantitative estimate of drug-likeness (QED) is 0.702. The Hall–Kier alpha value is -1.26. The maximum absolute atomic E-state index is 10.9. The first-order valence-corrected chi connectivity index (χ1v) is 4.78. The summed E-state index contributed by atoms with van der Waals surface area (Å²) >= 11 is 0. The van der Waals surface area contributed by atoms with E-state index < -0.39 is 11.9 Å². The zero-order valence-corrected chi connectivity index (χ0v) is 9.27. The van der Waals surface area contributed by atoms with Crippen LogP contribution in [0.3, 0.4) is 0 Å². The first-order valence-electron chi connectivity index (χ1n) is 4.78. The lowest BCUT2D eigenvalue weighted by Gasteiger charge is -2.27. The number of rotatable bonds is 3. The highest BCUT2D eigenvalue weighted by molar-refractivity contribution is 5.40. The number of nitrogens with zero attached hydrogens (tertiary/aromatic N) is 1. The molecule has 0 fully saturated rings. The van der Waals surface area contributed by atoms with E-state index in [4.69, 9.17) is 0 Å². The van der Waals surface area contributed by atoms with Gasteiger partial charge in [0, 0.05) is 0 Å². The monoisotopic (exact) mass is 211 g/mol. The Morgan fingerprint density at radius 3 is 2.40 bits per heavy atom. The minimum Gasteiger partial charge on any atom is -0.870 e. The van der Waals surface area contributed by atoms with Gasteiger partial charge in [-0.1, -0.05) is 17.9 Å². The van der Waals surface area contributed by atoms with Gasteiger partial charge in [-0.15, -0.1) is 0 Å². The van der Waals surface area contributed by atoms with Gasteiger partial charge < -0.3 is 19.8 Å². The highest BCUT2D eigenvalue weighted by Gasteiger charge is 2.17. The molecule has 0 saturated carbocycles. The van der Waals surface area contributed by atoms with Crippen molar-refractivity contribution in [2.24, 2.45) is 0 Å². The Morgan fingerprint density at radius 2 is 1.93 bits per heavy atom. The summed E-state index contributed by atoms with van der Waals surface area (Å²) in [7, 11) is 5.89. The van der Waals surface area contributed by atoms with Crippen LogP contribution in [0.15, 0.2) is 18.2 Å². The molecule has 0 aromatic heterocycles. The predicted molar refractivity (Wildman–Crippen MR) is 55.4 cm³/mol. The largest absolute Gasteiger partial charge is 0.870 e. The van der Waals surface area contributed by atoms with Crippen molar-refractivity contribution in [2.45, 2.75) is 6.10 Å². The predicted octanol–water partition coefficient (Wildman–Crippen LogP) is 0.205. The van der Waals surface area contributed by atoms with Crippen LogP contribution in [0, 0.1) is 0 Å². The Balaban J connectivity index is 2.83. The average molecular weight is 211 g/mol. The van der Waals surface area contributed by atoms with Crippen molar-refractivity contribution in [1.82, 2.24) is 0 Å². The molecule has 1 aromatic carbocycles. The van der Waals surface area contributed by atoms with Gasteiger partial charge in [0.1, 0.15) is 18.4 Å². The van der Waals surface area contributed by atoms with E-state index in [1.807, 2.05) is 21.1 Å². The van der Waals surface area contributed by atoms with Crippen molar-refractivity contribution in [1.29, 1.82) is 0 Å². The summed E-state index contributed by atoms with van der Waals surface area (Å²) in [6, 6.07) is 4.13. The molecule has 1 atom stereocenters. The summed E-state index contributed by atoms with van der Waals surface area (Å²) in [5, 5.41) is 30.0. The standard InChI is InChI=1S/C11H17NO3/c1-12(2,3)7-11(15)8-4-5-9(13)10(14)6-8/h4-6,11,15H,7H2,1-3H3,(H-,13,14). The number of benzene rings is 1. The molecule has 0 aliphatic rings. The molecule has 1 rings (SSSR count). The number of quaternary nitrogens is 1. The van der Waals surface area contributed by atoms with Gasteiger partial charge in [-0.2, -0.15) is 0 Å². The molecule has 1 unspecified atom stereocenters. The van der Waals surface area contributed by atoms with Crippen LogP contribution in [-0.4, -0.2) is 42.4 Å². The molecule has 4 nitrogen and oxygen atoms in total. The SMILES string of the molecule is C[N+](C)(C)CC(O)c1ccc([O-])c(O)c1. The van der Waals surface area contributed by atoms with Gasteiger partial charge in [-0.3, -0.25) is 0 Å². The van der Waals surface area contributed by atoms with Crippen LogP contribution in [0.1, 0.15) is 11.7 Å². The molecule has 1 aromatic rings. The molecule has 84 valence electrons. The molecule has 0 amide bonds. The third-order valence-corrected chi connectivity index (χ3v) is 2.09. The first-order chi connectivity index (χ1) is 6.79. The molecular formula is C11H17NO3. The van der Waals surface area contributed by atoms with Crippen LogP contribution in [-0.2, 0) is 0 Å². The molecule has 0 radical (unpaired) electrons. The number of phenols is 1. The highest BCUT2D eigenvalue weighted by atomic mass is 16.3. The van der Waals surface area contributed by atoms with Crippen molar-refractivity contribution in [2.75, 3.05) is 27.7 Å². The summed E-state index contributed by atoms with van der Waals surface area (Å²) in [5.41, 5.74) is 0.570. The Labute approximate surface area is 89.6 Å². The van der Waals surface area contributed by atoms with E-state index in [1.54, 1.807) is 6.07 Å². The first kappa shape index (κ1) is 11.8. The molecule has 4 heteroatoms. The number of aliphatic hydroxyl groups is 1. The summed E-state index contributed by atoms with van der Waals surface area (Å²) < 4.78 is 0.612. The second-order valence-corrected chi connectivity index (χ2v) is 4.72. The van der Waals surface area contributed by atoms with Crippen molar-refractivity contribution in [3.8, 4) is 11.5 Å². The van der Waals surface area contributed by atoms with Gasteiger partial charge in [0.2, 0.25) is 0 Å². The summed E-state index contributed by atoms with van der Waals surface area (Å²) in [5.74, 6) is -0.732. The molecule has 0 saturated heterocycles. The maximum Gasteiger partial charge on any atom is 0.128 e. The molecule has 2 N–H and O–H groups in total. The average Bonchev–Trinajstić information content (AvgIpc) is 2.06. The maximum atomic E-state index is 10.9. The van der Waals surface area contributed by atoms with Crippen LogP contribution < -0.4 is 5.11 Å². The number of hydrogen-bond donors (Lipinski definition) is 2. The van der Waals surface area contributed by atoms with E-state index >= 15 is 0 Å². The van der Waals surface area contributed by atoms with E-state index in [0.29, 0.717) is 16.6 Å². The van der Waals surface area contributed by atoms with Crippen molar-refractivity contribution in [3.05, 3.63) is 23.8 Å².